The van der Waals surface area contributed by atoms with Crippen LogP contribution in [0.15, 0.2) is 54.6 Å². The lowest BCUT2D eigenvalue weighted by Gasteiger charge is -2.31. The second-order valence-electron chi connectivity index (χ2n) is 5.35. The summed E-state index contributed by atoms with van der Waals surface area (Å²) in [6.07, 6.45) is 0.965. The van der Waals surface area contributed by atoms with Crippen molar-refractivity contribution in [1.29, 1.82) is 0 Å². The topological polar surface area (TPSA) is 38.3 Å². The smallest absolute Gasteiger partial charge is 0.228 e. The maximum absolute atomic E-state index is 12.4. The third-order valence-electron chi connectivity index (χ3n) is 4.14. The predicted octanol–water partition coefficient (Wildman–Crippen LogP) is 3.08. The first-order valence-electron chi connectivity index (χ1n) is 7.26. The summed E-state index contributed by atoms with van der Waals surface area (Å²) < 4.78 is 5.19. The number of hydrogen-bond donors (Lipinski definition) is 1. The van der Waals surface area contributed by atoms with Gasteiger partial charge in [0.2, 0.25) is 5.91 Å². The Morgan fingerprint density at radius 2 is 1.71 bits per heavy atom. The molecule has 0 spiro atoms. The van der Waals surface area contributed by atoms with Gasteiger partial charge in [-0.05, 0) is 29.7 Å². The summed E-state index contributed by atoms with van der Waals surface area (Å²) in [5, 5.41) is 2.99. The molecule has 0 saturated carbocycles. The van der Waals surface area contributed by atoms with Gasteiger partial charge in [0.15, 0.2) is 0 Å². The third kappa shape index (κ3) is 2.77. The van der Waals surface area contributed by atoms with E-state index in [1.807, 2.05) is 42.5 Å². The summed E-state index contributed by atoms with van der Waals surface area (Å²) >= 11 is 0. The van der Waals surface area contributed by atoms with Gasteiger partial charge >= 0.3 is 0 Å². The van der Waals surface area contributed by atoms with Crippen molar-refractivity contribution >= 4 is 5.91 Å². The minimum absolute atomic E-state index is 0.111. The van der Waals surface area contributed by atoms with E-state index in [1.54, 1.807) is 7.11 Å². The van der Waals surface area contributed by atoms with Gasteiger partial charge in [-0.25, -0.2) is 0 Å². The Labute approximate surface area is 124 Å². The predicted molar refractivity (Wildman–Crippen MR) is 82.5 cm³/mol. The van der Waals surface area contributed by atoms with Crippen molar-refractivity contribution in [1.82, 2.24) is 5.32 Å². The lowest BCUT2D eigenvalue weighted by Crippen LogP contribution is -2.39. The van der Waals surface area contributed by atoms with Gasteiger partial charge in [-0.3, -0.25) is 4.79 Å². The molecule has 108 valence electrons. The molecule has 0 radical (unpaired) electrons. The molecule has 3 rings (SSSR count). The van der Waals surface area contributed by atoms with Crippen LogP contribution in [0.1, 0.15) is 29.4 Å². The largest absolute Gasteiger partial charge is 0.497 e. The zero-order chi connectivity index (χ0) is 14.7. The molecule has 0 aromatic heterocycles. The number of carbonyl (C=O) groups excluding carboxylic acids is 1. The van der Waals surface area contributed by atoms with Gasteiger partial charge < -0.3 is 10.1 Å². The van der Waals surface area contributed by atoms with Crippen LogP contribution in [0.25, 0.3) is 0 Å². The van der Waals surface area contributed by atoms with Crippen molar-refractivity contribution in [3.63, 3.8) is 0 Å². The van der Waals surface area contributed by atoms with Crippen molar-refractivity contribution in [3.05, 3.63) is 65.7 Å². The molecule has 1 heterocycles. The highest BCUT2D eigenvalue weighted by Gasteiger charge is 2.34. The summed E-state index contributed by atoms with van der Waals surface area (Å²) in [4.78, 5) is 12.4. The molecule has 2 aromatic carbocycles. The number of rotatable bonds is 3. The van der Waals surface area contributed by atoms with E-state index >= 15 is 0 Å². The fourth-order valence-corrected chi connectivity index (χ4v) is 3.06. The molecule has 1 saturated heterocycles. The number of methoxy groups -OCH3 is 1. The Morgan fingerprint density at radius 1 is 1.00 bits per heavy atom. The Morgan fingerprint density at radius 3 is 2.38 bits per heavy atom. The highest BCUT2D eigenvalue weighted by molar-refractivity contribution is 5.85. The molecule has 0 bridgehead atoms. The van der Waals surface area contributed by atoms with Crippen LogP contribution >= 0.6 is 0 Å². The molecular weight excluding hydrogens is 262 g/mol. The number of nitrogens with one attached hydrogen (secondary N) is 1. The van der Waals surface area contributed by atoms with E-state index in [0.29, 0.717) is 0 Å². The molecule has 0 aliphatic carbocycles. The molecule has 2 atom stereocenters. The van der Waals surface area contributed by atoms with E-state index < -0.39 is 0 Å². The molecule has 1 fully saturated rings. The summed E-state index contributed by atoms with van der Waals surface area (Å²) in [7, 11) is 1.65. The third-order valence-corrected chi connectivity index (χ3v) is 4.14. The van der Waals surface area contributed by atoms with Gasteiger partial charge in [0.25, 0.3) is 0 Å². The lowest BCUT2D eigenvalue weighted by atomic mass is 9.77. The number of piperidine rings is 1. The fourth-order valence-electron chi connectivity index (χ4n) is 3.06. The Balaban J connectivity index is 1.96. The lowest BCUT2D eigenvalue weighted by molar-refractivity contribution is -0.124. The van der Waals surface area contributed by atoms with Crippen LogP contribution in [0.4, 0.5) is 0 Å². The summed E-state index contributed by atoms with van der Waals surface area (Å²) in [5.41, 5.74) is 2.27. The maximum atomic E-state index is 12.4. The second kappa shape index (κ2) is 6.00. The van der Waals surface area contributed by atoms with Crippen molar-refractivity contribution < 1.29 is 9.53 Å². The van der Waals surface area contributed by atoms with E-state index in [9.17, 15) is 4.79 Å². The Bertz CT molecular complexity index is 607. The average molecular weight is 281 g/mol. The number of hydrogen-bond acceptors (Lipinski definition) is 2. The first-order valence-corrected chi connectivity index (χ1v) is 7.26. The van der Waals surface area contributed by atoms with Crippen LogP contribution in [0, 0.1) is 0 Å². The van der Waals surface area contributed by atoms with E-state index in [-0.39, 0.29) is 17.7 Å². The molecule has 0 unspecified atom stereocenters. The van der Waals surface area contributed by atoms with E-state index in [4.69, 9.17) is 4.74 Å². The molecular formula is C18H19NO2. The van der Waals surface area contributed by atoms with Crippen molar-refractivity contribution in [2.75, 3.05) is 13.7 Å². The molecule has 1 N–H and O–H groups in total. The molecule has 1 amide bonds. The van der Waals surface area contributed by atoms with Gasteiger partial charge in [0.05, 0.1) is 13.0 Å². The number of ether oxygens (including phenoxy) is 1. The Hall–Kier alpha value is -2.29. The van der Waals surface area contributed by atoms with Crippen LogP contribution in [-0.2, 0) is 4.79 Å². The standard InChI is InChI=1S/C18H19NO2/c1-21-15-9-7-14(8-10-15)17-16(11-12-19-18(17)20)13-5-3-2-4-6-13/h2-10,16-17H,11-12H2,1H3,(H,19,20)/t16-,17-/m1/s1. The van der Waals surface area contributed by atoms with Crippen LogP contribution in [0.2, 0.25) is 0 Å². The number of amides is 1. The SMILES string of the molecule is COc1ccc([C@H]2C(=O)NCC[C@@H]2c2ccccc2)cc1. The summed E-state index contributed by atoms with van der Waals surface area (Å²) in [6.45, 7) is 0.741. The van der Waals surface area contributed by atoms with Crippen LogP contribution < -0.4 is 10.1 Å². The minimum atomic E-state index is -0.132. The van der Waals surface area contributed by atoms with Crippen molar-refractivity contribution in [2.45, 2.75) is 18.3 Å². The Kier molecular flexibility index (Phi) is 3.91. The van der Waals surface area contributed by atoms with E-state index in [1.165, 1.54) is 5.56 Å². The number of benzene rings is 2. The molecule has 2 aromatic rings. The zero-order valence-electron chi connectivity index (χ0n) is 12.1. The normalized spacial score (nSPS) is 21.7. The fraction of sp³-hybridized carbons (Fsp3) is 0.278. The molecule has 1 aliphatic heterocycles. The highest BCUT2D eigenvalue weighted by atomic mass is 16.5. The minimum Gasteiger partial charge on any atom is -0.497 e. The van der Waals surface area contributed by atoms with Crippen LogP contribution in [0.5, 0.6) is 5.75 Å². The first-order chi connectivity index (χ1) is 10.3. The average Bonchev–Trinajstić information content (AvgIpc) is 2.55. The second-order valence-corrected chi connectivity index (χ2v) is 5.35. The zero-order valence-corrected chi connectivity index (χ0v) is 12.1. The molecule has 21 heavy (non-hydrogen) atoms. The van der Waals surface area contributed by atoms with Gasteiger partial charge in [-0.15, -0.1) is 0 Å². The first kappa shape index (κ1) is 13.7. The van der Waals surface area contributed by atoms with Gasteiger partial charge in [0, 0.05) is 12.5 Å². The number of carbonyl (C=O) groups is 1. The molecule has 3 heteroatoms. The van der Waals surface area contributed by atoms with Gasteiger partial charge in [-0.2, -0.15) is 0 Å². The summed E-state index contributed by atoms with van der Waals surface area (Å²) in [5.74, 6) is 1.02. The summed E-state index contributed by atoms with van der Waals surface area (Å²) in [6, 6.07) is 18.1. The quantitative estimate of drug-likeness (QED) is 0.939. The van der Waals surface area contributed by atoms with Gasteiger partial charge in [0.1, 0.15) is 5.75 Å². The highest BCUT2D eigenvalue weighted by Crippen LogP contribution is 2.38. The van der Waals surface area contributed by atoms with Crippen molar-refractivity contribution in [2.24, 2.45) is 0 Å². The van der Waals surface area contributed by atoms with E-state index in [2.05, 4.69) is 17.4 Å². The van der Waals surface area contributed by atoms with Crippen molar-refractivity contribution in [3.8, 4) is 5.75 Å². The van der Waals surface area contributed by atoms with Gasteiger partial charge in [-0.1, -0.05) is 42.5 Å². The molecule has 3 nitrogen and oxygen atoms in total. The van der Waals surface area contributed by atoms with Crippen LogP contribution in [-0.4, -0.2) is 19.6 Å². The monoisotopic (exact) mass is 281 g/mol. The molecule has 1 aliphatic rings. The maximum Gasteiger partial charge on any atom is 0.228 e. The van der Waals surface area contributed by atoms with E-state index in [0.717, 1.165) is 24.3 Å². The van der Waals surface area contributed by atoms with Crippen LogP contribution in [0.3, 0.4) is 0 Å².